The molecule has 6 N–H and O–H groups in total. The Bertz CT molecular complexity index is 1500. The molecule has 0 fully saturated rings. The number of aliphatic hydroxyl groups excluding tert-OH is 2. The van der Waals surface area contributed by atoms with E-state index in [-0.39, 0.29) is 29.7 Å². The number of carbonyl (C=O) groups excluding carboxylic acids is 3. The monoisotopic (exact) mass is 518 g/mol. The zero-order valence-corrected chi connectivity index (χ0v) is 21.6. The minimum absolute atomic E-state index is 0.00140. The van der Waals surface area contributed by atoms with Crippen LogP contribution in [-0.2, 0) is 16.0 Å². The molecule has 3 aliphatic rings. The Morgan fingerprint density at radius 3 is 2.34 bits per heavy atom. The van der Waals surface area contributed by atoms with Gasteiger partial charge in [-0.25, -0.2) is 0 Å². The van der Waals surface area contributed by atoms with Crippen molar-refractivity contribution in [3.63, 3.8) is 0 Å². The molecule has 4 unspecified atom stereocenters. The Kier molecular flexibility index (Phi) is 5.77. The molecule has 0 aromatic heterocycles. The molecule has 0 spiro atoms. The van der Waals surface area contributed by atoms with E-state index in [1.165, 1.54) is 11.0 Å². The summed E-state index contributed by atoms with van der Waals surface area (Å²) >= 11 is 0. The highest BCUT2D eigenvalue weighted by Crippen LogP contribution is 2.53. The van der Waals surface area contributed by atoms with E-state index in [2.05, 4.69) is 0 Å². The molecule has 3 aliphatic carbocycles. The minimum Gasteiger partial charge on any atom is -0.510 e. The average Bonchev–Trinajstić information content (AvgIpc) is 2.83. The Balaban J connectivity index is 1.73. The van der Waals surface area contributed by atoms with Crippen molar-refractivity contribution in [2.45, 2.75) is 38.3 Å². The van der Waals surface area contributed by atoms with Crippen LogP contribution in [0.2, 0.25) is 0 Å². The molecule has 198 valence electrons. The molecule has 0 saturated carbocycles. The SMILES string of the molecule is Cc1ccc(-c2ccc(O)c3c2CC2CC4C(N(C)C)C(O)=C(C(N)=O)C(=O)C4(O)C(O)=C2C3=O)cc1C. The van der Waals surface area contributed by atoms with Gasteiger partial charge in [0.15, 0.2) is 11.4 Å². The van der Waals surface area contributed by atoms with Crippen LogP contribution in [0.5, 0.6) is 5.75 Å². The maximum atomic E-state index is 13.8. The number of Topliss-reactive ketones (excluding diaryl/α,β-unsaturated/α-hetero) is 2. The predicted octanol–water partition coefficient (Wildman–Crippen LogP) is 2.40. The Labute approximate surface area is 219 Å². The van der Waals surface area contributed by atoms with Gasteiger partial charge in [0.2, 0.25) is 5.78 Å². The highest BCUT2D eigenvalue weighted by molar-refractivity contribution is 6.24. The van der Waals surface area contributed by atoms with E-state index in [1.54, 1.807) is 20.2 Å². The van der Waals surface area contributed by atoms with Crippen molar-refractivity contribution in [2.75, 3.05) is 14.1 Å². The first-order valence-electron chi connectivity index (χ1n) is 12.4. The molecular formula is C29H30N2O7. The van der Waals surface area contributed by atoms with Crippen LogP contribution in [0.4, 0.5) is 0 Å². The van der Waals surface area contributed by atoms with Crippen molar-refractivity contribution in [3.8, 4) is 16.9 Å². The number of carbonyl (C=O) groups is 3. The van der Waals surface area contributed by atoms with E-state index in [4.69, 9.17) is 5.73 Å². The lowest BCUT2D eigenvalue weighted by molar-refractivity contribution is -0.148. The van der Waals surface area contributed by atoms with Crippen molar-refractivity contribution in [1.82, 2.24) is 4.90 Å². The fourth-order valence-electron chi connectivity index (χ4n) is 6.43. The van der Waals surface area contributed by atoms with Gasteiger partial charge in [0.1, 0.15) is 22.8 Å². The van der Waals surface area contributed by atoms with Crippen LogP contribution in [0.1, 0.15) is 33.5 Å². The molecule has 2 aromatic carbocycles. The van der Waals surface area contributed by atoms with Gasteiger partial charge in [-0.1, -0.05) is 24.3 Å². The largest absolute Gasteiger partial charge is 0.510 e. The second-order valence-corrected chi connectivity index (χ2v) is 10.7. The normalized spacial score (nSPS) is 26.8. The fourth-order valence-corrected chi connectivity index (χ4v) is 6.43. The van der Waals surface area contributed by atoms with Crippen LogP contribution in [0.15, 0.2) is 53.0 Å². The second-order valence-electron chi connectivity index (χ2n) is 10.7. The molecule has 9 nitrogen and oxygen atoms in total. The molecule has 38 heavy (non-hydrogen) atoms. The van der Waals surface area contributed by atoms with E-state index in [0.29, 0.717) is 5.56 Å². The highest BCUT2D eigenvalue weighted by atomic mass is 16.3. The standard InChI is InChI=1S/C29H30N2O7/c1-12-5-6-14(9-13(12)2)16-7-8-19(32)21-17(16)10-15-11-18-23(31(3)4)25(34)22(28(30)37)27(36)29(18,38)26(35)20(15)24(21)33/h5-9,15,18,23,32,34-35,38H,10-11H2,1-4H3,(H2,30,37). The molecule has 0 aliphatic heterocycles. The number of allylic oxidation sites excluding steroid dienone is 1. The number of rotatable bonds is 3. The van der Waals surface area contributed by atoms with Crippen molar-refractivity contribution < 1.29 is 34.8 Å². The third-order valence-electron chi connectivity index (χ3n) is 8.42. The molecular weight excluding hydrogens is 488 g/mol. The van der Waals surface area contributed by atoms with Gasteiger partial charge < -0.3 is 26.2 Å². The number of nitrogens with zero attached hydrogens (tertiary/aromatic N) is 1. The first kappa shape index (κ1) is 25.7. The van der Waals surface area contributed by atoms with E-state index in [1.807, 2.05) is 32.0 Å². The van der Waals surface area contributed by atoms with Gasteiger partial charge in [-0.05, 0) is 80.6 Å². The van der Waals surface area contributed by atoms with Gasteiger partial charge in [-0.15, -0.1) is 0 Å². The summed E-state index contributed by atoms with van der Waals surface area (Å²) in [7, 11) is 3.20. The summed E-state index contributed by atoms with van der Waals surface area (Å²) in [5, 5.41) is 44.7. The lowest BCUT2D eigenvalue weighted by atomic mass is 9.58. The summed E-state index contributed by atoms with van der Waals surface area (Å²) in [4.78, 5) is 40.8. The number of primary amides is 1. The molecule has 2 aromatic rings. The zero-order chi connectivity index (χ0) is 27.8. The molecule has 0 heterocycles. The van der Waals surface area contributed by atoms with Crippen molar-refractivity contribution in [2.24, 2.45) is 17.6 Å². The number of hydrogen-bond donors (Lipinski definition) is 5. The lowest BCUT2D eigenvalue weighted by Crippen LogP contribution is -2.63. The maximum absolute atomic E-state index is 13.8. The number of phenolic OH excluding ortho intramolecular Hbond substituents is 1. The number of fused-ring (bicyclic) bond motifs is 3. The summed E-state index contributed by atoms with van der Waals surface area (Å²) in [6.45, 7) is 3.98. The van der Waals surface area contributed by atoms with Gasteiger partial charge in [-0.3, -0.25) is 19.3 Å². The van der Waals surface area contributed by atoms with E-state index in [0.717, 1.165) is 22.3 Å². The van der Waals surface area contributed by atoms with Gasteiger partial charge in [0.05, 0.1) is 11.6 Å². The van der Waals surface area contributed by atoms with Crippen LogP contribution in [0.3, 0.4) is 0 Å². The molecule has 9 heteroatoms. The third-order valence-corrected chi connectivity index (χ3v) is 8.42. The summed E-state index contributed by atoms with van der Waals surface area (Å²) in [6, 6.07) is 8.07. The highest BCUT2D eigenvalue weighted by Gasteiger charge is 2.63. The summed E-state index contributed by atoms with van der Waals surface area (Å²) in [5.41, 5.74) is 6.14. The number of hydrogen-bond acceptors (Lipinski definition) is 8. The topological polar surface area (TPSA) is 161 Å². The summed E-state index contributed by atoms with van der Waals surface area (Å²) in [5.74, 6) is -6.60. The van der Waals surface area contributed by atoms with Crippen LogP contribution in [0, 0.1) is 25.7 Å². The van der Waals surface area contributed by atoms with E-state index >= 15 is 0 Å². The van der Waals surface area contributed by atoms with E-state index in [9.17, 15) is 34.8 Å². The Morgan fingerprint density at radius 1 is 1.05 bits per heavy atom. The zero-order valence-electron chi connectivity index (χ0n) is 21.6. The smallest absolute Gasteiger partial charge is 0.255 e. The van der Waals surface area contributed by atoms with Gasteiger partial charge >= 0.3 is 0 Å². The Hall–Kier alpha value is -3.95. The number of aryl methyl sites for hydroxylation is 2. The summed E-state index contributed by atoms with van der Waals surface area (Å²) < 4.78 is 0. The number of phenols is 1. The van der Waals surface area contributed by atoms with Crippen molar-refractivity contribution >= 4 is 17.5 Å². The van der Waals surface area contributed by atoms with Crippen LogP contribution >= 0.6 is 0 Å². The molecule has 0 radical (unpaired) electrons. The Morgan fingerprint density at radius 2 is 1.74 bits per heavy atom. The third kappa shape index (κ3) is 3.35. The van der Waals surface area contributed by atoms with Crippen LogP contribution < -0.4 is 5.73 Å². The average molecular weight is 519 g/mol. The van der Waals surface area contributed by atoms with Gasteiger partial charge in [-0.2, -0.15) is 0 Å². The van der Waals surface area contributed by atoms with Crippen molar-refractivity contribution in [3.05, 3.63) is 75.3 Å². The molecule has 0 saturated heterocycles. The minimum atomic E-state index is -2.65. The maximum Gasteiger partial charge on any atom is 0.255 e. The summed E-state index contributed by atoms with van der Waals surface area (Å²) in [6.07, 6.45) is 0.291. The van der Waals surface area contributed by atoms with Gasteiger partial charge in [0.25, 0.3) is 5.91 Å². The fraction of sp³-hybridized carbons (Fsp3) is 0.345. The number of aromatic hydroxyl groups is 1. The van der Waals surface area contributed by atoms with Crippen molar-refractivity contribution in [1.29, 1.82) is 0 Å². The molecule has 5 rings (SSSR count). The lowest BCUT2D eigenvalue weighted by Gasteiger charge is -2.50. The molecule has 0 bridgehead atoms. The molecule has 1 amide bonds. The van der Waals surface area contributed by atoms with Crippen LogP contribution in [0.25, 0.3) is 11.1 Å². The number of benzene rings is 2. The quantitative estimate of drug-likeness (QED) is 0.387. The first-order valence-corrected chi connectivity index (χ1v) is 12.4. The number of ketones is 2. The number of aliphatic hydroxyl groups is 3. The number of amides is 1. The first-order chi connectivity index (χ1) is 17.8. The van der Waals surface area contributed by atoms with Gasteiger partial charge in [0, 0.05) is 11.5 Å². The number of likely N-dealkylation sites (N-methyl/N-ethyl adjacent to an activating group) is 1. The van der Waals surface area contributed by atoms with Crippen LogP contribution in [-0.4, -0.2) is 68.5 Å². The number of nitrogens with two attached hydrogens (primary N) is 1. The predicted molar refractivity (Wildman–Crippen MR) is 139 cm³/mol. The van der Waals surface area contributed by atoms with E-state index < -0.39 is 58.0 Å². The second kappa shape index (κ2) is 8.54. The molecule has 4 atom stereocenters.